The van der Waals surface area contributed by atoms with Crippen molar-refractivity contribution in [2.24, 2.45) is 5.92 Å². The number of benzene rings is 1. The van der Waals surface area contributed by atoms with Crippen molar-refractivity contribution in [3.8, 4) is 11.5 Å². The van der Waals surface area contributed by atoms with E-state index in [-0.39, 0.29) is 24.8 Å². The lowest BCUT2D eigenvalue weighted by molar-refractivity contribution is 0.150. The second kappa shape index (κ2) is 9.58. The molecule has 1 N–H and O–H groups in total. The van der Waals surface area contributed by atoms with Crippen molar-refractivity contribution in [2.75, 3.05) is 33.0 Å². The lowest BCUT2D eigenvalue weighted by Gasteiger charge is -2.36. The quantitative estimate of drug-likeness (QED) is 0.866. The standard InChI is InChI=1S/C17H26N2O2.2ClH/c1-13(2)6-7-15(19-10-8-18-9-11-19)14-4-3-5-16-17(14)21-12-20-16;;/h3-5,13,15,18H,6-12H2,1-2H3;2*1H/t15-;;/m0../s1. The summed E-state index contributed by atoms with van der Waals surface area (Å²) in [6.07, 6.45) is 2.41. The van der Waals surface area contributed by atoms with E-state index in [0.717, 1.165) is 43.6 Å². The predicted octanol–water partition coefficient (Wildman–Crippen LogP) is 3.64. The molecule has 1 atom stereocenters. The molecule has 0 unspecified atom stereocenters. The minimum absolute atomic E-state index is 0. The number of halogens is 2. The van der Waals surface area contributed by atoms with Gasteiger partial charge in [-0.05, 0) is 24.8 Å². The van der Waals surface area contributed by atoms with Crippen LogP contribution in [0.2, 0.25) is 0 Å². The van der Waals surface area contributed by atoms with Gasteiger partial charge in [-0.3, -0.25) is 4.90 Å². The van der Waals surface area contributed by atoms with Crippen LogP contribution in [0.25, 0.3) is 0 Å². The molecule has 1 aromatic carbocycles. The zero-order valence-electron chi connectivity index (χ0n) is 13.9. The average Bonchev–Trinajstić information content (AvgIpc) is 2.97. The molecule has 2 aliphatic heterocycles. The summed E-state index contributed by atoms with van der Waals surface area (Å²) in [6, 6.07) is 6.74. The summed E-state index contributed by atoms with van der Waals surface area (Å²) in [5.41, 5.74) is 1.30. The van der Waals surface area contributed by atoms with Crippen molar-refractivity contribution in [1.29, 1.82) is 0 Å². The fourth-order valence-electron chi connectivity index (χ4n) is 3.23. The van der Waals surface area contributed by atoms with Crippen LogP contribution in [0.5, 0.6) is 11.5 Å². The van der Waals surface area contributed by atoms with E-state index in [1.807, 2.05) is 6.07 Å². The molecular formula is C17H28Cl2N2O2. The maximum absolute atomic E-state index is 5.74. The van der Waals surface area contributed by atoms with Gasteiger partial charge in [0.1, 0.15) is 0 Å². The minimum Gasteiger partial charge on any atom is -0.454 e. The molecule has 6 heteroatoms. The van der Waals surface area contributed by atoms with Crippen LogP contribution < -0.4 is 14.8 Å². The first-order chi connectivity index (χ1) is 10.3. The fraction of sp³-hybridized carbons (Fsp3) is 0.647. The molecular weight excluding hydrogens is 335 g/mol. The number of nitrogens with one attached hydrogen (secondary N) is 1. The summed E-state index contributed by atoms with van der Waals surface area (Å²) in [7, 11) is 0. The number of ether oxygens (including phenoxy) is 2. The molecule has 0 aromatic heterocycles. The van der Waals surface area contributed by atoms with Crippen LogP contribution >= 0.6 is 24.8 Å². The Morgan fingerprint density at radius 1 is 1.09 bits per heavy atom. The number of hydrogen-bond donors (Lipinski definition) is 1. The molecule has 0 aliphatic carbocycles. The van der Waals surface area contributed by atoms with Gasteiger partial charge in [0.2, 0.25) is 6.79 Å². The summed E-state index contributed by atoms with van der Waals surface area (Å²) >= 11 is 0. The Hall–Kier alpha value is -0.680. The van der Waals surface area contributed by atoms with Crippen molar-refractivity contribution < 1.29 is 9.47 Å². The second-order valence-corrected chi connectivity index (χ2v) is 6.35. The van der Waals surface area contributed by atoms with Gasteiger partial charge < -0.3 is 14.8 Å². The first-order valence-corrected chi connectivity index (χ1v) is 8.09. The van der Waals surface area contributed by atoms with E-state index in [1.165, 1.54) is 18.4 Å². The van der Waals surface area contributed by atoms with Gasteiger partial charge in [0.15, 0.2) is 11.5 Å². The molecule has 3 rings (SSSR count). The Morgan fingerprint density at radius 3 is 2.52 bits per heavy atom. The van der Waals surface area contributed by atoms with Gasteiger partial charge in [0.25, 0.3) is 0 Å². The lowest BCUT2D eigenvalue weighted by Crippen LogP contribution is -2.45. The smallest absolute Gasteiger partial charge is 0.231 e. The van der Waals surface area contributed by atoms with Crippen LogP contribution in [-0.2, 0) is 0 Å². The third-order valence-electron chi connectivity index (χ3n) is 4.40. The molecule has 2 heterocycles. The van der Waals surface area contributed by atoms with Gasteiger partial charge in [-0.15, -0.1) is 24.8 Å². The number of para-hydroxylation sites is 1. The zero-order valence-corrected chi connectivity index (χ0v) is 15.5. The molecule has 1 aromatic rings. The Balaban J connectivity index is 0.00000132. The molecule has 0 spiro atoms. The Labute approximate surface area is 151 Å². The molecule has 4 nitrogen and oxygen atoms in total. The topological polar surface area (TPSA) is 33.7 Å². The lowest BCUT2D eigenvalue weighted by atomic mass is 9.95. The van der Waals surface area contributed by atoms with Gasteiger partial charge in [-0.25, -0.2) is 0 Å². The number of nitrogens with zero attached hydrogens (tertiary/aromatic N) is 1. The van der Waals surface area contributed by atoms with Gasteiger partial charge in [0.05, 0.1) is 0 Å². The molecule has 132 valence electrons. The van der Waals surface area contributed by atoms with Gasteiger partial charge >= 0.3 is 0 Å². The molecule has 0 saturated carbocycles. The largest absolute Gasteiger partial charge is 0.454 e. The van der Waals surface area contributed by atoms with E-state index in [9.17, 15) is 0 Å². The maximum atomic E-state index is 5.74. The van der Waals surface area contributed by atoms with Crippen LogP contribution in [0.1, 0.15) is 38.3 Å². The van der Waals surface area contributed by atoms with E-state index in [2.05, 4.69) is 36.2 Å². The highest BCUT2D eigenvalue weighted by atomic mass is 35.5. The van der Waals surface area contributed by atoms with E-state index >= 15 is 0 Å². The summed E-state index contributed by atoms with van der Waals surface area (Å²) in [5.74, 6) is 2.59. The van der Waals surface area contributed by atoms with Crippen LogP contribution in [0, 0.1) is 5.92 Å². The molecule has 2 aliphatic rings. The van der Waals surface area contributed by atoms with Gasteiger partial charge in [-0.1, -0.05) is 26.0 Å². The molecule has 0 amide bonds. The third kappa shape index (κ3) is 4.90. The SMILES string of the molecule is CC(C)CC[C@@H](c1cccc2c1OCO2)N1CCNCC1.Cl.Cl. The highest BCUT2D eigenvalue weighted by molar-refractivity contribution is 5.85. The second-order valence-electron chi connectivity index (χ2n) is 6.35. The number of hydrogen-bond acceptors (Lipinski definition) is 4. The number of fused-ring (bicyclic) bond motifs is 1. The molecule has 0 radical (unpaired) electrons. The Bertz CT molecular complexity index is 480. The average molecular weight is 363 g/mol. The van der Waals surface area contributed by atoms with Crippen LogP contribution in [0.3, 0.4) is 0 Å². The normalized spacial score (nSPS) is 18.2. The van der Waals surface area contributed by atoms with Gasteiger partial charge in [-0.2, -0.15) is 0 Å². The van der Waals surface area contributed by atoms with Crippen molar-refractivity contribution in [2.45, 2.75) is 32.7 Å². The molecule has 0 bridgehead atoms. The van der Waals surface area contributed by atoms with E-state index in [4.69, 9.17) is 9.47 Å². The first kappa shape index (κ1) is 20.4. The summed E-state index contributed by atoms with van der Waals surface area (Å²) in [5, 5.41) is 3.44. The summed E-state index contributed by atoms with van der Waals surface area (Å²) < 4.78 is 11.3. The van der Waals surface area contributed by atoms with Crippen molar-refractivity contribution in [3.05, 3.63) is 23.8 Å². The Morgan fingerprint density at radius 2 is 1.83 bits per heavy atom. The Kier molecular flexibility index (Phi) is 8.48. The van der Waals surface area contributed by atoms with Crippen LogP contribution in [0.4, 0.5) is 0 Å². The highest BCUT2D eigenvalue weighted by Gasteiger charge is 2.28. The van der Waals surface area contributed by atoms with E-state index in [0.29, 0.717) is 12.8 Å². The van der Waals surface area contributed by atoms with Crippen molar-refractivity contribution >= 4 is 24.8 Å². The van der Waals surface area contributed by atoms with E-state index in [1.54, 1.807) is 0 Å². The predicted molar refractivity (Wildman–Crippen MR) is 98.3 cm³/mol. The number of rotatable bonds is 5. The maximum Gasteiger partial charge on any atom is 0.231 e. The van der Waals surface area contributed by atoms with Crippen LogP contribution in [0.15, 0.2) is 18.2 Å². The molecule has 1 saturated heterocycles. The fourth-order valence-corrected chi connectivity index (χ4v) is 3.23. The first-order valence-electron chi connectivity index (χ1n) is 8.09. The molecule has 1 fully saturated rings. The van der Waals surface area contributed by atoms with Crippen molar-refractivity contribution in [1.82, 2.24) is 10.2 Å². The summed E-state index contributed by atoms with van der Waals surface area (Å²) in [6.45, 7) is 9.30. The third-order valence-corrected chi connectivity index (χ3v) is 4.40. The van der Waals surface area contributed by atoms with Crippen LogP contribution in [-0.4, -0.2) is 37.9 Å². The molecule has 23 heavy (non-hydrogen) atoms. The highest BCUT2D eigenvalue weighted by Crippen LogP contribution is 2.42. The van der Waals surface area contributed by atoms with E-state index < -0.39 is 0 Å². The van der Waals surface area contributed by atoms with Gasteiger partial charge in [0, 0.05) is 37.8 Å². The monoisotopic (exact) mass is 362 g/mol. The zero-order chi connectivity index (χ0) is 14.7. The van der Waals surface area contributed by atoms with Crippen molar-refractivity contribution in [3.63, 3.8) is 0 Å². The summed E-state index contributed by atoms with van der Waals surface area (Å²) in [4.78, 5) is 2.59. The minimum atomic E-state index is 0. The number of piperazine rings is 1.